The SMILES string of the molecule is CCC(NC(=O)c1ccc(OCc2cscn2)c(OC)c1)c1ccc2c(c1)OCCO2. The lowest BCUT2D eigenvalue weighted by Crippen LogP contribution is -2.28. The van der Waals surface area contributed by atoms with Gasteiger partial charge in [-0.25, -0.2) is 4.98 Å². The van der Waals surface area contributed by atoms with Crippen LogP contribution in [0.3, 0.4) is 0 Å². The van der Waals surface area contributed by atoms with Crippen LogP contribution in [0.5, 0.6) is 23.0 Å². The van der Waals surface area contributed by atoms with E-state index in [1.54, 1.807) is 30.8 Å². The molecule has 0 bridgehead atoms. The second-order valence-electron chi connectivity index (χ2n) is 6.97. The molecule has 0 saturated heterocycles. The lowest BCUT2D eigenvalue weighted by atomic mass is 10.0. The van der Waals surface area contributed by atoms with Gasteiger partial charge in [0.2, 0.25) is 0 Å². The van der Waals surface area contributed by atoms with Crippen molar-refractivity contribution >= 4 is 17.2 Å². The van der Waals surface area contributed by atoms with Crippen molar-refractivity contribution in [3.63, 3.8) is 0 Å². The summed E-state index contributed by atoms with van der Waals surface area (Å²) in [4.78, 5) is 17.1. The smallest absolute Gasteiger partial charge is 0.251 e. The highest BCUT2D eigenvalue weighted by Crippen LogP contribution is 2.34. The topological polar surface area (TPSA) is 78.9 Å². The number of methoxy groups -OCH3 is 1. The molecule has 1 N–H and O–H groups in total. The maximum Gasteiger partial charge on any atom is 0.251 e. The van der Waals surface area contributed by atoms with Crippen LogP contribution in [0.2, 0.25) is 0 Å². The van der Waals surface area contributed by atoms with Crippen molar-refractivity contribution in [1.82, 2.24) is 10.3 Å². The standard InChI is InChI=1S/C23H24N2O5S/c1-3-18(15-4-6-20-22(10-15)29-9-8-28-20)25-23(26)16-5-7-19(21(11-16)27-2)30-12-17-13-31-14-24-17/h4-7,10-11,13-14,18H,3,8-9,12H2,1-2H3,(H,25,26). The highest BCUT2D eigenvalue weighted by molar-refractivity contribution is 7.07. The fourth-order valence-corrected chi connectivity index (χ4v) is 3.87. The van der Waals surface area contributed by atoms with Crippen LogP contribution in [0, 0.1) is 0 Å². The van der Waals surface area contributed by atoms with Gasteiger partial charge in [0.05, 0.1) is 24.4 Å². The summed E-state index contributed by atoms with van der Waals surface area (Å²) in [6.45, 7) is 3.44. The molecule has 1 atom stereocenters. The first-order valence-corrected chi connectivity index (χ1v) is 11.0. The third-order valence-corrected chi connectivity index (χ3v) is 5.60. The molecule has 0 radical (unpaired) electrons. The van der Waals surface area contributed by atoms with Crippen molar-refractivity contribution in [3.05, 3.63) is 64.1 Å². The fourth-order valence-electron chi connectivity index (χ4n) is 3.33. The Bertz CT molecular complexity index is 1040. The number of aromatic nitrogens is 1. The summed E-state index contributed by atoms with van der Waals surface area (Å²) in [7, 11) is 1.55. The lowest BCUT2D eigenvalue weighted by molar-refractivity contribution is 0.0935. The highest BCUT2D eigenvalue weighted by Gasteiger charge is 2.19. The van der Waals surface area contributed by atoms with Crippen molar-refractivity contribution in [1.29, 1.82) is 0 Å². The van der Waals surface area contributed by atoms with Crippen molar-refractivity contribution in [2.24, 2.45) is 0 Å². The second kappa shape index (κ2) is 9.70. The van der Waals surface area contributed by atoms with Gasteiger partial charge in [0.15, 0.2) is 23.0 Å². The molecule has 1 unspecified atom stereocenters. The number of nitrogens with zero attached hydrogens (tertiary/aromatic N) is 1. The molecule has 0 aliphatic carbocycles. The van der Waals surface area contributed by atoms with E-state index in [0.29, 0.717) is 42.6 Å². The molecule has 1 aliphatic heterocycles. The Labute approximate surface area is 184 Å². The summed E-state index contributed by atoms with van der Waals surface area (Å²) in [5.74, 6) is 2.31. The van der Waals surface area contributed by atoms with Crippen molar-refractivity contribution in [2.45, 2.75) is 26.0 Å². The Morgan fingerprint density at radius 2 is 2.00 bits per heavy atom. The average molecular weight is 441 g/mol. The Morgan fingerprint density at radius 1 is 1.16 bits per heavy atom. The van der Waals surface area contributed by atoms with Crippen molar-refractivity contribution in [2.75, 3.05) is 20.3 Å². The Morgan fingerprint density at radius 3 is 2.74 bits per heavy atom. The van der Waals surface area contributed by atoms with Crippen LogP contribution in [-0.4, -0.2) is 31.2 Å². The van der Waals surface area contributed by atoms with E-state index in [-0.39, 0.29) is 11.9 Å². The van der Waals surface area contributed by atoms with E-state index in [4.69, 9.17) is 18.9 Å². The van der Waals surface area contributed by atoms with E-state index in [2.05, 4.69) is 10.3 Å². The van der Waals surface area contributed by atoms with Gasteiger partial charge >= 0.3 is 0 Å². The van der Waals surface area contributed by atoms with E-state index < -0.39 is 0 Å². The number of thiazole rings is 1. The fraction of sp³-hybridized carbons (Fsp3) is 0.304. The molecule has 7 nitrogen and oxygen atoms in total. The first-order valence-electron chi connectivity index (χ1n) is 10.1. The van der Waals surface area contributed by atoms with Gasteiger partial charge in [-0.1, -0.05) is 13.0 Å². The van der Waals surface area contributed by atoms with Gasteiger partial charge < -0.3 is 24.3 Å². The molecule has 1 aliphatic rings. The largest absolute Gasteiger partial charge is 0.493 e. The molecule has 2 heterocycles. The van der Waals surface area contributed by atoms with E-state index >= 15 is 0 Å². The van der Waals surface area contributed by atoms with Crippen LogP contribution in [0.25, 0.3) is 0 Å². The van der Waals surface area contributed by atoms with Gasteiger partial charge in [0.1, 0.15) is 19.8 Å². The number of benzene rings is 2. The lowest BCUT2D eigenvalue weighted by Gasteiger charge is -2.22. The Balaban J connectivity index is 1.46. The third kappa shape index (κ3) is 4.91. The van der Waals surface area contributed by atoms with Crippen molar-refractivity contribution in [3.8, 4) is 23.0 Å². The quantitative estimate of drug-likeness (QED) is 0.560. The van der Waals surface area contributed by atoms with Crippen LogP contribution < -0.4 is 24.3 Å². The minimum Gasteiger partial charge on any atom is -0.493 e. The zero-order chi connectivity index (χ0) is 21.6. The molecule has 2 aromatic carbocycles. The maximum atomic E-state index is 12.9. The minimum atomic E-state index is -0.189. The minimum absolute atomic E-state index is 0.157. The van der Waals surface area contributed by atoms with Crippen molar-refractivity contribution < 1.29 is 23.7 Å². The molecule has 1 aromatic heterocycles. The van der Waals surface area contributed by atoms with Gasteiger partial charge in [-0.05, 0) is 42.3 Å². The number of rotatable bonds is 8. The van der Waals surface area contributed by atoms with E-state index in [9.17, 15) is 4.79 Å². The van der Waals surface area contributed by atoms with E-state index in [1.165, 1.54) is 11.3 Å². The highest BCUT2D eigenvalue weighted by atomic mass is 32.1. The molecule has 162 valence electrons. The van der Waals surface area contributed by atoms with E-state index in [1.807, 2.05) is 30.5 Å². The molecule has 0 saturated carbocycles. The van der Waals surface area contributed by atoms with Gasteiger partial charge in [0, 0.05) is 10.9 Å². The number of nitrogens with one attached hydrogen (secondary N) is 1. The summed E-state index contributed by atoms with van der Waals surface area (Å²) in [6, 6.07) is 10.8. The molecule has 0 spiro atoms. The summed E-state index contributed by atoms with van der Waals surface area (Å²) in [6.07, 6.45) is 0.733. The number of carbonyl (C=O) groups is 1. The normalized spacial score (nSPS) is 13.4. The molecule has 0 fully saturated rings. The summed E-state index contributed by atoms with van der Waals surface area (Å²) in [5, 5.41) is 5.02. The first-order chi connectivity index (χ1) is 15.2. The summed E-state index contributed by atoms with van der Waals surface area (Å²) < 4.78 is 22.5. The Hall–Kier alpha value is -3.26. The number of ether oxygens (including phenoxy) is 4. The number of hydrogen-bond acceptors (Lipinski definition) is 7. The van der Waals surface area contributed by atoms with Crippen LogP contribution in [0.1, 0.15) is 41.0 Å². The van der Waals surface area contributed by atoms with Gasteiger partial charge in [-0.3, -0.25) is 4.79 Å². The third-order valence-electron chi connectivity index (χ3n) is 4.97. The number of carbonyl (C=O) groups excluding carboxylic acids is 1. The first kappa shape index (κ1) is 21.0. The number of hydrogen-bond donors (Lipinski definition) is 1. The van der Waals surface area contributed by atoms with Crippen LogP contribution in [0.15, 0.2) is 47.3 Å². The predicted octanol–water partition coefficient (Wildman–Crippen LogP) is 4.38. The maximum absolute atomic E-state index is 12.9. The van der Waals surface area contributed by atoms with Gasteiger partial charge in [0.25, 0.3) is 5.91 Å². The van der Waals surface area contributed by atoms with Crippen LogP contribution in [-0.2, 0) is 6.61 Å². The molecular formula is C23H24N2O5S. The summed E-state index contributed by atoms with van der Waals surface area (Å²) in [5.41, 5.74) is 4.07. The van der Waals surface area contributed by atoms with Crippen LogP contribution >= 0.6 is 11.3 Å². The molecule has 31 heavy (non-hydrogen) atoms. The molecule has 8 heteroatoms. The van der Waals surface area contributed by atoms with Gasteiger partial charge in [-0.15, -0.1) is 11.3 Å². The van der Waals surface area contributed by atoms with E-state index in [0.717, 1.165) is 23.4 Å². The molecule has 3 aromatic rings. The number of fused-ring (bicyclic) bond motifs is 1. The molecule has 4 rings (SSSR count). The van der Waals surface area contributed by atoms with Crippen LogP contribution in [0.4, 0.5) is 0 Å². The Kier molecular flexibility index (Phi) is 6.57. The predicted molar refractivity (Wildman–Crippen MR) is 117 cm³/mol. The monoisotopic (exact) mass is 440 g/mol. The average Bonchev–Trinajstić information content (AvgIpc) is 3.34. The molecule has 1 amide bonds. The zero-order valence-electron chi connectivity index (χ0n) is 17.4. The summed E-state index contributed by atoms with van der Waals surface area (Å²) >= 11 is 1.51. The number of amides is 1. The second-order valence-corrected chi connectivity index (χ2v) is 7.69. The molecular weight excluding hydrogens is 416 g/mol. The van der Waals surface area contributed by atoms with Gasteiger partial charge in [-0.2, -0.15) is 0 Å². The zero-order valence-corrected chi connectivity index (χ0v) is 18.2.